The van der Waals surface area contributed by atoms with E-state index in [1.165, 1.54) is 0 Å². The average Bonchev–Trinajstić information content (AvgIpc) is 3.02. The topological polar surface area (TPSA) is 69.7 Å². The van der Waals surface area contributed by atoms with Crippen molar-refractivity contribution in [2.75, 3.05) is 16.8 Å². The lowest BCUT2D eigenvalue weighted by Gasteiger charge is -2.48. The average molecular weight is 391 g/mol. The first-order valence-electron chi connectivity index (χ1n) is 9.99. The molecule has 0 aliphatic carbocycles. The van der Waals surface area contributed by atoms with Crippen LogP contribution in [0.1, 0.15) is 48.2 Å². The van der Waals surface area contributed by atoms with Crippen molar-refractivity contribution in [2.45, 2.75) is 45.7 Å². The fourth-order valence-corrected chi connectivity index (χ4v) is 4.47. The van der Waals surface area contributed by atoms with E-state index in [9.17, 15) is 14.4 Å². The van der Waals surface area contributed by atoms with Gasteiger partial charge in [0.2, 0.25) is 11.8 Å². The van der Waals surface area contributed by atoms with Crippen LogP contribution in [0, 0.1) is 6.92 Å². The Labute approximate surface area is 170 Å². The number of nitrogens with one attached hydrogen (secondary N) is 1. The van der Waals surface area contributed by atoms with Gasteiger partial charge in [0, 0.05) is 12.1 Å². The lowest BCUT2D eigenvalue weighted by atomic mass is 9.98. The zero-order valence-corrected chi connectivity index (χ0v) is 17.0. The Kier molecular flexibility index (Phi) is 4.65. The molecule has 150 valence electrons. The van der Waals surface area contributed by atoms with Crippen molar-refractivity contribution in [1.29, 1.82) is 0 Å². The number of anilines is 2. The Bertz CT molecular complexity index is 1020. The Morgan fingerprint density at radius 3 is 2.66 bits per heavy atom. The van der Waals surface area contributed by atoms with Crippen LogP contribution >= 0.6 is 0 Å². The van der Waals surface area contributed by atoms with Gasteiger partial charge in [0.25, 0.3) is 5.91 Å². The monoisotopic (exact) mass is 391 g/mol. The Hall–Kier alpha value is -3.15. The molecule has 0 bridgehead atoms. The predicted octanol–water partition coefficient (Wildman–Crippen LogP) is 3.49. The largest absolute Gasteiger partial charge is 0.324 e. The van der Waals surface area contributed by atoms with E-state index in [-0.39, 0.29) is 24.3 Å². The summed E-state index contributed by atoms with van der Waals surface area (Å²) in [6.07, 6.45) is 1.66. The fourth-order valence-electron chi connectivity index (χ4n) is 4.47. The van der Waals surface area contributed by atoms with E-state index in [1.54, 1.807) is 28.0 Å². The number of hydrogen-bond acceptors (Lipinski definition) is 3. The molecule has 4 rings (SSSR count). The van der Waals surface area contributed by atoms with E-state index in [0.29, 0.717) is 24.1 Å². The number of aryl methyl sites for hydroxylation is 2. The summed E-state index contributed by atoms with van der Waals surface area (Å²) in [7, 11) is 0. The first-order valence-corrected chi connectivity index (χ1v) is 9.99. The van der Waals surface area contributed by atoms with Crippen LogP contribution in [0.5, 0.6) is 0 Å². The highest BCUT2D eigenvalue weighted by atomic mass is 16.2. The Balaban J connectivity index is 1.66. The lowest BCUT2D eigenvalue weighted by Crippen LogP contribution is -2.63. The molecule has 6 heteroatoms. The van der Waals surface area contributed by atoms with Crippen LogP contribution in [0.2, 0.25) is 0 Å². The van der Waals surface area contributed by atoms with E-state index in [4.69, 9.17) is 0 Å². The minimum absolute atomic E-state index is 0.0231. The summed E-state index contributed by atoms with van der Waals surface area (Å²) in [4.78, 5) is 42.1. The van der Waals surface area contributed by atoms with Gasteiger partial charge in [-0.3, -0.25) is 19.3 Å². The normalized spacial score (nSPS) is 20.5. The first-order chi connectivity index (χ1) is 13.9. The molecule has 1 fully saturated rings. The molecular formula is C23H25N3O3. The summed E-state index contributed by atoms with van der Waals surface area (Å²) in [5, 5.41) is 2.99. The second-order valence-corrected chi connectivity index (χ2v) is 7.87. The SMILES string of the molecule is CCc1cccc(C)c1NC(=O)CN1C(=O)c2ccccc2N2C(=O)CCC12C. The van der Waals surface area contributed by atoms with Crippen LogP contribution in [0.3, 0.4) is 0 Å². The first kappa shape index (κ1) is 19.2. The smallest absolute Gasteiger partial charge is 0.258 e. The Morgan fingerprint density at radius 1 is 1.14 bits per heavy atom. The van der Waals surface area contributed by atoms with Crippen molar-refractivity contribution in [1.82, 2.24) is 4.90 Å². The van der Waals surface area contributed by atoms with Gasteiger partial charge >= 0.3 is 0 Å². The fraction of sp³-hybridized carbons (Fsp3) is 0.348. The minimum Gasteiger partial charge on any atom is -0.324 e. The van der Waals surface area contributed by atoms with E-state index >= 15 is 0 Å². The molecule has 1 unspecified atom stereocenters. The molecule has 2 aliphatic rings. The van der Waals surface area contributed by atoms with Crippen LogP contribution in [-0.4, -0.2) is 34.8 Å². The molecule has 3 amide bonds. The van der Waals surface area contributed by atoms with E-state index in [2.05, 4.69) is 5.32 Å². The maximum Gasteiger partial charge on any atom is 0.258 e. The Morgan fingerprint density at radius 2 is 1.90 bits per heavy atom. The molecule has 2 aliphatic heterocycles. The summed E-state index contributed by atoms with van der Waals surface area (Å²) in [6, 6.07) is 13.0. The number of benzene rings is 2. The summed E-state index contributed by atoms with van der Waals surface area (Å²) >= 11 is 0. The maximum absolute atomic E-state index is 13.3. The summed E-state index contributed by atoms with van der Waals surface area (Å²) < 4.78 is 0. The van der Waals surface area contributed by atoms with Crippen molar-refractivity contribution in [2.24, 2.45) is 0 Å². The maximum atomic E-state index is 13.3. The predicted molar refractivity (Wildman–Crippen MR) is 112 cm³/mol. The standard InChI is InChI=1S/C23H25N3O3/c1-4-16-9-7-8-15(2)21(16)24-19(27)14-25-22(29)17-10-5-6-11-18(17)26-20(28)12-13-23(25,26)3/h5-11H,4,12-14H2,1-3H3,(H,24,27). The van der Waals surface area contributed by atoms with Crippen LogP contribution < -0.4 is 10.2 Å². The highest BCUT2D eigenvalue weighted by Crippen LogP contribution is 2.43. The lowest BCUT2D eigenvalue weighted by molar-refractivity contribution is -0.120. The number of fused-ring (bicyclic) bond motifs is 3. The zero-order valence-electron chi connectivity index (χ0n) is 17.0. The number of para-hydroxylation sites is 2. The second kappa shape index (κ2) is 7.03. The van der Waals surface area contributed by atoms with Gasteiger partial charge in [-0.15, -0.1) is 0 Å². The third-order valence-electron chi connectivity index (χ3n) is 6.05. The number of hydrogen-bond donors (Lipinski definition) is 1. The van der Waals surface area contributed by atoms with Gasteiger partial charge < -0.3 is 10.2 Å². The second-order valence-electron chi connectivity index (χ2n) is 7.87. The van der Waals surface area contributed by atoms with E-state index in [1.807, 2.05) is 45.0 Å². The molecule has 1 atom stereocenters. The van der Waals surface area contributed by atoms with E-state index < -0.39 is 5.66 Å². The van der Waals surface area contributed by atoms with Crippen LogP contribution in [0.25, 0.3) is 0 Å². The van der Waals surface area contributed by atoms with Crippen molar-refractivity contribution in [3.05, 3.63) is 59.2 Å². The molecule has 0 spiro atoms. The third kappa shape index (κ3) is 2.99. The molecule has 1 N–H and O–H groups in total. The van der Waals surface area contributed by atoms with Crippen molar-refractivity contribution < 1.29 is 14.4 Å². The van der Waals surface area contributed by atoms with Crippen LogP contribution in [-0.2, 0) is 16.0 Å². The zero-order chi connectivity index (χ0) is 20.8. The van der Waals surface area contributed by atoms with Gasteiger partial charge in [0.1, 0.15) is 12.2 Å². The summed E-state index contributed by atoms with van der Waals surface area (Å²) in [5.41, 5.74) is 3.09. The molecule has 0 aromatic heterocycles. The molecule has 29 heavy (non-hydrogen) atoms. The number of carbonyl (C=O) groups excluding carboxylic acids is 3. The van der Waals surface area contributed by atoms with Crippen molar-refractivity contribution in [3.8, 4) is 0 Å². The van der Waals surface area contributed by atoms with Gasteiger partial charge in [-0.1, -0.05) is 37.3 Å². The third-order valence-corrected chi connectivity index (χ3v) is 6.05. The van der Waals surface area contributed by atoms with Gasteiger partial charge in [-0.2, -0.15) is 0 Å². The van der Waals surface area contributed by atoms with Crippen molar-refractivity contribution >= 4 is 29.1 Å². The molecule has 2 aromatic rings. The van der Waals surface area contributed by atoms with Crippen molar-refractivity contribution in [3.63, 3.8) is 0 Å². The van der Waals surface area contributed by atoms with Gasteiger partial charge in [-0.25, -0.2) is 0 Å². The van der Waals surface area contributed by atoms with Gasteiger partial charge in [0.15, 0.2) is 0 Å². The van der Waals surface area contributed by atoms with Gasteiger partial charge in [0.05, 0.1) is 11.3 Å². The number of amides is 3. The quantitative estimate of drug-likeness (QED) is 0.867. The molecule has 0 radical (unpaired) electrons. The number of nitrogens with zero attached hydrogens (tertiary/aromatic N) is 2. The minimum atomic E-state index is -0.834. The molecule has 2 aromatic carbocycles. The number of carbonyl (C=O) groups is 3. The molecule has 0 saturated carbocycles. The van der Waals surface area contributed by atoms with Crippen LogP contribution in [0.4, 0.5) is 11.4 Å². The molecular weight excluding hydrogens is 366 g/mol. The molecule has 2 heterocycles. The highest BCUT2D eigenvalue weighted by molar-refractivity contribution is 6.11. The van der Waals surface area contributed by atoms with Crippen LogP contribution in [0.15, 0.2) is 42.5 Å². The molecule has 6 nitrogen and oxygen atoms in total. The van der Waals surface area contributed by atoms with E-state index in [0.717, 1.165) is 23.2 Å². The highest BCUT2D eigenvalue weighted by Gasteiger charge is 2.53. The summed E-state index contributed by atoms with van der Waals surface area (Å²) in [5.74, 6) is -0.503. The summed E-state index contributed by atoms with van der Waals surface area (Å²) in [6.45, 7) is 5.75. The van der Waals surface area contributed by atoms with Gasteiger partial charge in [-0.05, 0) is 49.9 Å². The number of rotatable bonds is 4. The molecule has 1 saturated heterocycles.